The lowest BCUT2D eigenvalue weighted by Crippen LogP contribution is -2.33. The third-order valence-corrected chi connectivity index (χ3v) is 3.72. The van der Waals surface area contributed by atoms with E-state index in [1.807, 2.05) is 36.4 Å². The van der Waals surface area contributed by atoms with E-state index in [1.165, 1.54) is 5.56 Å². The summed E-state index contributed by atoms with van der Waals surface area (Å²) in [4.78, 5) is 0. The van der Waals surface area contributed by atoms with Gasteiger partial charge >= 0.3 is 0 Å². The molecule has 0 amide bonds. The van der Waals surface area contributed by atoms with Crippen LogP contribution in [0.25, 0.3) is 0 Å². The maximum atomic E-state index is 5.54. The summed E-state index contributed by atoms with van der Waals surface area (Å²) in [6.45, 7) is 1.92. The summed E-state index contributed by atoms with van der Waals surface area (Å²) in [7, 11) is 0. The number of fused-ring (bicyclic) bond motifs is 1. The van der Waals surface area contributed by atoms with Crippen molar-refractivity contribution in [2.24, 2.45) is 5.10 Å². The first-order chi connectivity index (χ1) is 11.8. The number of nitrogens with zero attached hydrogens (tertiary/aromatic N) is 1. The number of hydrazone groups is 1. The molecular weight excluding hydrogens is 322 g/mol. The molecule has 0 atom stereocenters. The monoisotopic (exact) mass is 341 g/mol. The van der Waals surface area contributed by atoms with Crippen LogP contribution in [0, 0.1) is 0 Å². The van der Waals surface area contributed by atoms with Gasteiger partial charge in [0.15, 0.2) is 16.6 Å². The van der Waals surface area contributed by atoms with Gasteiger partial charge in [-0.2, -0.15) is 5.10 Å². The summed E-state index contributed by atoms with van der Waals surface area (Å²) in [6.07, 6.45) is 2.61. The number of ether oxygens (including phenoxy) is 2. The maximum Gasteiger partial charge on any atom is 0.186 e. The molecule has 0 bridgehead atoms. The molecule has 6 heteroatoms. The molecule has 2 aromatic rings. The van der Waals surface area contributed by atoms with E-state index in [0.717, 1.165) is 30.0 Å². The van der Waals surface area contributed by atoms with Crippen LogP contribution in [0.3, 0.4) is 0 Å². The lowest BCUT2D eigenvalue weighted by molar-refractivity contribution is 0.171. The highest BCUT2D eigenvalue weighted by Crippen LogP contribution is 2.30. The second kappa shape index (κ2) is 8.31. The molecule has 0 saturated carbocycles. The molecule has 0 fully saturated rings. The minimum absolute atomic E-state index is 0.500. The van der Waals surface area contributed by atoms with Crippen LogP contribution < -0.4 is 20.2 Å². The third-order valence-electron chi connectivity index (χ3n) is 3.49. The Balaban J connectivity index is 1.43. The first-order valence-electron chi connectivity index (χ1n) is 7.82. The highest BCUT2D eigenvalue weighted by Gasteiger charge is 2.10. The highest BCUT2D eigenvalue weighted by atomic mass is 32.1. The molecule has 1 aliphatic heterocycles. The average Bonchev–Trinajstić information content (AvgIpc) is 2.62. The largest absolute Gasteiger partial charge is 0.486 e. The summed E-state index contributed by atoms with van der Waals surface area (Å²) < 4.78 is 11.0. The molecule has 124 valence electrons. The van der Waals surface area contributed by atoms with Crippen molar-refractivity contribution in [3.63, 3.8) is 0 Å². The van der Waals surface area contributed by atoms with E-state index in [-0.39, 0.29) is 0 Å². The first kappa shape index (κ1) is 16.3. The summed E-state index contributed by atoms with van der Waals surface area (Å²) in [5, 5.41) is 7.77. The Hall–Kier alpha value is -2.60. The van der Waals surface area contributed by atoms with E-state index in [1.54, 1.807) is 6.21 Å². The SMILES string of the molecule is S=C(NCCc1ccccc1)NN=Cc1ccc2c(c1)OCCO2. The molecular formula is C18H19N3O2S. The molecule has 0 aromatic heterocycles. The fraction of sp³-hybridized carbons (Fsp3) is 0.222. The molecule has 0 spiro atoms. The number of hydrogen-bond acceptors (Lipinski definition) is 4. The number of rotatable bonds is 5. The predicted octanol–water partition coefficient (Wildman–Crippen LogP) is 2.50. The highest BCUT2D eigenvalue weighted by molar-refractivity contribution is 7.80. The Kier molecular flexibility index (Phi) is 5.63. The Morgan fingerprint density at radius 1 is 1.08 bits per heavy atom. The molecule has 5 nitrogen and oxygen atoms in total. The number of nitrogens with one attached hydrogen (secondary N) is 2. The Morgan fingerprint density at radius 3 is 2.71 bits per heavy atom. The number of benzene rings is 2. The quantitative estimate of drug-likeness (QED) is 0.497. The van der Waals surface area contributed by atoms with Crippen molar-refractivity contribution in [3.05, 3.63) is 59.7 Å². The molecule has 2 aromatic carbocycles. The van der Waals surface area contributed by atoms with Gasteiger partial charge in [0.05, 0.1) is 6.21 Å². The minimum Gasteiger partial charge on any atom is -0.486 e. The van der Waals surface area contributed by atoms with Crippen LogP contribution in [0.15, 0.2) is 53.6 Å². The van der Waals surface area contributed by atoms with E-state index >= 15 is 0 Å². The van der Waals surface area contributed by atoms with Gasteiger partial charge in [-0.1, -0.05) is 30.3 Å². The average molecular weight is 341 g/mol. The lowest BCUT2D eigenvalue weighted by atomic mass is 10.1. The third kappa shape index (κ3) is 4.70. The van der Waals surface area contributed by atoms with Crippen molar-refractivity contribution in [3.8, 4) is 11.5 Å². The van der Waals surface area contributed by atoms with Gasteiger partial charge in [-0.25, -0.2) is 0 Å². The minimum atomic E-state index is 0.500. The van der Waals surface area contributed by atoms with Crippen LogP contribution >= 0.6 is 12.2 Å². The van der Waals surface area contributed by atoms with Crippen LogP contribution in [0.1, 0.15) is 11.1 Å². The normalized spacial score (nSPS) is 12.8. The number of hydrogen-bond donors (Lipinski definition) is 2. The van der Waals surface area contributed by atoms with Crippen molar-refractivity contribution in [2.45, 2.75) is 6.42 Å². The standard InChI is InChI=1S/C18H19N3O2S/c24-18(19-9-8-14-4-2-1-3-5-14)21-20-13-15-6-7-16-17(12-15)23-11-10-22-16/h1-7,12-13H,8-11H2,(H2,19,21,24). The molecule has 2 N–H and O–H groups in total. The maximum absolute atomic E-state index is 5.54. The molecule has 0 radical (unpaired) electrons. The predicted molar refractivity (Wildman–Crippen MR) is 98.9 cm³/mol. The summed E-state index contributed by atoms with van der Waals surface area (Å²) in [5.74, 6) is 1.51. The van der Waals surface area contributed by atoms with Crippen LogP contribution in [0.2, 0.25) is 0 Å². The Labute approximate surface area is 146 Å². The van der Waals surface area contributed by atoms with Crippen LogP contribution in [0.4, 0.5) is 0 Å². The molecule has 0 saturated heterocycles. The van der Waals surface area contributed by atoms with Crippen LogP contribution in [-0.4, -0.2) is 31.1 Å². The zero-order valence-corrected chi connectivity index (χ0v) is 14.0. The van der Waals surface area contributed by atoms with Gasteiger partial charge < -0.3 is 14.8 Å². The van der Waals surface area contributed by atoms with Crippen LogP contribution in [0.5, 0.6) is 11.5 Å². The van der Waals surface area contributed by atoms with Gasteiger partial charge in [-0.3, -0.25) is 5.43 Å². The van der Waals surface area contributed by atoms with Gasteiger partial charge in [0.25, 0.3) is 0 Å². The Morgan fingerprint density at radius 2 is 1.88 bits per heavy atom. The first-order valence-corrected chi connectivity index (χ1v) is 8.22. The summed E-state index contributed by atoms with van der Waals surface area (Å²) in [5.41, 5.74) is 5.00. The van der Waals surface area contributed by atoms with Gasteiger partial charge in [0.2, 0.25) is 0 Å². The van der Waals surface area contributed by atoms with E-state index in [9.17, 15) is 0 Å². The number of thiocarbonyl (C=S) groups is 1. The van der Waals surface area contributed by atoms with E-state index in [2.05, 4.69) is 28.0 Å². The van der Waals surface area contributed by atoms with Crippen molar-refractivity contribution in [1.29, 1.82) is 0 Å². The second-order valence-corrected chi connectivity index (χ2v) is 5.67. The van der Waals surface area contributed by atoms with E-state index < -0.39 is 0 Å². The smallest absolute Gasteiger partial charge is 0.186 e. The molecule has 24 heavy (non-hydrogen) atoms. The zero-order chi connectivity index (χ0) is 16.6. The molecule has 3 rings (SSSR count). The van der Waals surface area contributed by atoms with Crippen molar-refractivity contribution in [2.75, 3.05) is 19.8 Å². The van der Waals surface area contributed by atoms with Crippen LogP contribution in [-0.2, 0) is 6.42 Å². The lowest BCUT2D eigenvalue weighted by Gasteiger charge is -2.18. The second-order valence-electron chi connectivity index (χ2n) is 5.26. The zero-order valence-electron chi connectivity index (χ0n) is 13.2. The van der Waals surface area contributed by atoms with Gasteiger partial charge in [-0.05, 0) is 48.0 Å². The molecule has 0 aliphatic carbocycles. The Bertz CT molecular complexity index is 719. The summed E-state index contributed by atoms with van der Waals surface area (Å²) >= 11 is 5.20. The summed E-state index contributed by atoms with van der Waals surface area (Å²) in [6, 6.07) is 16.0. The molecule has 0 unspecified atom stereocenters. The topological polar surface area (TPSA) is 54.9 Å². The van der Waals surface area contributed by atoms with Crippen molar-refractivity contribution in [1.82, 2.24) is 10.7 Å². The fourth-order valence-electron chi connectivity index (χ4n) is 2.31. The fourth-order valence-corrected chi connectivity index (χ4v) is 2.47. The molecule has 1 heterocycles. The van der Waals surface area contributed by atoms with E-state index in [0.29, 0.717) is 18.3 Å². The molecule has 1 aliphatic rings. The van der Waals surface area contributed by atoms with Crippen molar-refractivity contribution < 1.29 is 9.47 Å². The van der Waals surface area contributed by atoms with Gasteiger partial charge in [0, 0.05) is 6.54 Å². The van der Waals surface area contributed by atoms with Gasteiger partial charge in [-0.15, -0.1) is 0 Å². The van der Waals surface area contributed by atoms with E-state index in [4.69, 9.17) is 21.7 Å². The van der Waals surface area contributed by atoms with Gasteiger partial charge in [0.1, 0.15) is 13.2 Å². The van der Waals surface area contributed by atoms with Crippen molar-refractivity contribution >= 4 is 23.5 Å².